The van der Waals surface area contributed by atoms with Crippen molar-refractivity contribution in [2.24, 2.45) is 11.8 Å². The number of hydrogen-bond acceptors (Lipinski definition) is 4. The Morgan fingerprint density at radius 1 is 0.914 bits per heavy atom. The molecule has 0 saturated heterocycles. The maximum atomic E-state index is 12.8. The first-order chi connectivity index (χ1) is 17.0. The van der Waals surface area contributed by atoms with E-state index < -0.39 is 18.1 Å². The minimum absolute atomic E-state index is 0.00232. The molecule has 3 aliphatic carbocycles. The summed E-state index contributed by atoms with van der Waals surface area (Å²) >= 11 is 0. The van der Waals surface area contributed by atoms with Crippen LogP contribution in [0.15, 0.2) is 48.5 Å². The number of carboxylic acids is 1. The molecular weight excluding hydrogens is 444 g/mol. The van der Waals surface area contributed by atoms with Crippen LogP contribution in [-0.2, 0) is 14.3 Å². The predicted molar refractivity (Wildman–Crippen MR) is 131 cm³/mol. The van der Waals surface area contributed by atoms with Gasteiger partial charge in [0.15, 0.2) is 0 Å². The molecule has 7 nitrogen and oxygen atoms in total. The van der Waals surface area contributed by atoms with Crippen molar-refractivity contribution in [2.45, 2.75) is 62.9 Å². The van der Waals surface area contributed by atoms with Crippen molar-refractivity contribution in [3.8, 4) is 11.1 Å². The molecule has 3 unspecified atom stereocenters. The van der Waals surface area contributed by atoms with E-state index in [1.165, 1.54) is 11.1 Å². The highest BCUT2D eigenvalue weighted by Crippen LogP contribution is 2.44. The summed E-state index contributed by atoms with van der Waals surface area (Å²) < 4.78 is 5.66. The molecule has 184 valence electrons. The Morgan fingerprint density at radius 3 is 2.14 bits per heavy atom. The molecule has 3 aliphatic rings. The molecule has 5 rings (SSSR count). The number of carbonyl (C=O) groups is 3. The van der Waals surface area contributed by atoms with E-state index in [1.54, 1.807) is 0 Å². The molecule has 0 aliphatic heterocycles. The Hall–Kier alpha value is -3.35. The first-order valence-corrected chi connectivity index (χ1v) is 12.7. The molecule has 3 N–H and O–H groups in total. The Morgan fingerprint density at radius 2 is 1.54 bits per heavy atom. The van der Waals surface area contributed by atoms with Crippen molar-refractivity contribution in [3.05, 3.63) is 59.7 Å². The normalized spacial score (nSPS) is 22.3. The van der Waals surface area contributed by atoms with Gasteiger partial charge in [-0.05, 0) is 60.3 Å². The Labute approximate surface area is 205 Å². The van der Waals surface area contributed by atoms with E-state index in [1.807, 2.05) is 24.3 Å². The summed E-state index contributed by atoms with van der Waals surface area (Å²) in [5.41, 5.74) is 4.69. The number of amides is 2. The quantitative estimate of drug-likeness (QED) is 0.548. The molecular formula is C28H32N2O5. The van der Waals surface area contributed by atoms with Crippen molar-refractivity contribution in [2.75, 3.05) is 6.61 Å². The lowest BCUT2D eigenvalue weighted by Crippen LogP contribution is -2.51. The number of benzene rings is 2. The maximum absolute atomic E-state index is 12.8. The molecule has 0 aromatic heterocycles. The molecule has 2 aromatic carbocycles. The number of alkyl carbamates (subject to hydrolysis) is 1. The number of carbonyl (C=O) groups excluding carboxylic acids is 2. The van der Waals surface area contributed by atoms with Crippen LogP contribution in [0, 0.1) is 11.8 Å². The first kappa shape index (κ1) is 23.4. The van der Waals surface area contributed by atoms with Crippen LogP contribution in [0.25, 0.3) is 11.1 Å². The molecule has 3 atom stereocenters. The second-order valence-corrected chi connectivity index (χ2v) is 10.0. The van der Waals surface area contributed by atoms with Gasteiger partial charge in [-0.3, -0.25) is 4.79 Å². The number of ether oxygens (including phenoxy) is 1. The first-order valence-electron chi connectivity index (χ1n) is 12.7. The smallest absolute Gasteiger partial charge is 0.407 e. The van der Waals surface area contributed by atoms with Crippen molar-refractivity contribution in [1.29, 1.82) is 0 Å². The number of carboxylic acid groups (broad SMARTS) is 1. The fraction of sp³-hybridized carbons (Fsp3) is 0.464. The summed E-state index contributed by atoms with van der Waals surface area (Å²) in [4.78, 5) is 37.1. The van der Waals surface area contributed by atoms with Gasteiger partial charge in [0.05, 0.1) is 0 Å². The molecule has 2 amide bonds. The van der Waals surface area contributed by atoms with Gasteiger partial charge in [0, 0.05) is 17.9 Å². The minimum Gasteiger partial charge on any atom is -0.480 e. The van der Waals surface area contributed by atoms with E-state index in [2.05, 4.69) is 34.9 Å². The second kappa shape index (κ2) is 10.1. The third kappa shape index (κ3) is 4.90. The van der Waals surface area contributed by atoms with E-state index in [0.29, 0.717) is 12.8 Å². The lowest BCUT2D eigenvalue weighted by atomic mass is 9.79. The van der Waals surface area contributed by atoms with E-state index in [-0.39, 0.29) is 36.3 Å². The number of aliphatic carboxylic acids is 1. The molecule has 2 aromatic rings. The predicted octanol–water partition coefficient (Wildman–Crippen LogP) is 4.45. The molecule has 0 radical (unpaired) electrons. The lowest BCUT2D eigenvalue weighted by molar-refractivity contribution is -0.145. The van der Waals surface area contributed by atoms with Crippen LogP contribution in [0.2, 0.25) is 0 Å². The summed E-state index contributed by atoms with van der Waals surface area (Å²) in [6.45, 7) is 0.248. The van der Waals surface area contributed by atoms with Gasteiger partial charge < -0.3 is 20.5 Å². The van der Waals surface area contributed by atoms with Crippen LogP contribution in [0.1, 0.15) is 62.0 Å². The topological polar surface area (TPSA) is 105 Å². The van der Waals surface area contributed by atoms with Crippen LogP contribution in [-0.4, -0.2) is 41.8 Å². The average Bonchev–Trinajstić information content (AvgIpc) is 3.15. The highest BCUT2D eigenvalue weighted by Gasteiger charge is 2.37. The molecule has 0 heterocycles. The monoisotopic (exact) mass is 476 g/mol. The zero-order chi connectivity index (χ0) is 24.4. The third-order valence-corrected chi connectivity index (χ3v) is 7.90. The fourth-order valence-electron chi connectivity index (χ4n) is 5.79. The van der Waals surface area contributed by atoms with Crippen molar-refractivity contribution >= 4 is 18.0 Å². The highest BCUT2D eigenvalue weighted by atomic mass is 16.5. The van der Waals surface area contributed by atoms with Gasteiger partial charge >= 0.3 is 12.1 Å². The molecule has 2 fully saturated rings. The Balaban J connectivity index is 1.15. The fourth-order valence-corrected chi connectivity index (χ4v) is 5.79. The van der Waals surface area contributed by atoms with Gasteiger partial charge in [-0.25, -0.2) is 9.59 Å². The van der Waals surface area contributed by atoms with Gasteiger partial charge in [0.1, 0.15) is 12.6 Å². The minimum atomic E-state index is -0.966. The average molecular weight is 477 g/mol. The summed E-state index contributed by atoms with van der Waals surface area (Å²) in [6, 6.07) is 15.4. The van der Waals surface area contributed by atoms with Crippen LogP contribution in [0.5, 0.6) is 0 Å². The summed E-state index contributed by atoms with van der Waals surface area (Å²) in [7, 11) is 0. The SMILES string of the molecule is O=C(NC1CCCC(C(=O)NC(C(=O)O)C2CCC2)C1)OCC1c2ccccc2-c2ccccc21. The van der Waals surface area contributed by atoms with Crippen LogP contribution in [0.4, 0.5) is 4.79 Å². The highest BCUT2D eigenvalue weighted by molar-refractivity contribution is 5.85. The Bertz CT molecular complexity index is 1070. The maximum Gasteiger partial charge on any atom is 0.407 e. The third-order valence-electron chi connectivity index (χ3n) is 7.90. The lowest BCUT2D eigenvalue weighted by Gasteiger charge is -2.34. The van der Waals surface area contributed by atoms with Gasteiger partial charge in [-0.15, -0.1) is 0 Å². The van der Waals surface area contributed by atoms with E-state index in [4.69, 9.17) is 4.74 Å². The molecule has 7 heteroatoms. The number of fused-ring (bicyclic) bond motifs is 3. The zero-order valence-corrected chi connectivity index (χ0v) is 19.7. The van der Waals surface area contributed by atoms with E-state index in [9.17, 15) is 19.5 Å². The summed E-state index contributed by atoms with van der Waals surface area (Å²) in [5.74, 6) is -1.47. The van der Waals surface area contributed by atoms with Gasteiger partial charge in [-0.1, -0.05) is 61.4 Å². The number of hydrogen-bond donors (Lipinski definition) is 3. The van der Waals surface area contributed by atoms with Crippen LogP contribution < -0.4 is 10.6 Å². The standard InChI is InChI=1S/C28H32N2O5/c31-26(30-25(27(32)33)17-7-5-8-17)18-9-6-10-19(15-18)29-28(34)35-16-24-22-13-3-1-11-20(22)21-12-2-4-14-23(21)24/h1-4,11-14,17-19,24-25H,5-10,15-16H2,(H,29,34)(H,30,31)(H,32,33). The van der Waals surface area contributed by atoms with Gasteiger partial charge in [-0.2, -0.15) is 0 Å². The zero-order valence-electron chi connectivity index (χ0n) is 19.7. The van der Waals surface area contributed by atoms with Crippen molar-refractivity contribution in [1.82, 2.24) is 10.6 Å². The van der Waals surface area contributed by atoms with Crippen LogP contribution in [0.3, 0.4) is 0 Å². The van der Waals surface area contributed by atoms with Crippen molar-refractivity contribution in [3.63, 3.8) is 0 Å². The second-order valence-electron chi connectivity index (χ2n) is 10.0. The summed E-state index contributed by atoms with van der Waals surface area (Å²) in [5, 5.41) is 15.2. The van der Waals surface area contributed by atoms with E-state index >= 15 is 0 Å². The molecule has 2 saturated carbocycles. The molecule has 0 spiro atoms. The van der Waals surface area contributed by atoms with Gasteiger partial charge in [0.25, 0.3) is 0 Å². The number of rotatable bonds is 7. The summed E-state index contributed by atoms with van der Waals surface area (Å²) in [6.07, 6.45) is 4.99. The Kier molecular flexibility index (Phi) is 6.75. The molecule has 35 heavy (non-hydrogen) atoms. The van der Waals surface area contributed by atoms with E-state index in [0.717, 1.165) is 43.2 Å². The van der Waals surface area contributed by atoms with Crippen molar-refractivity contribution < 1.29 is 24.2 Å². The van der Waals surface area contributed by atoms with Gasteiger partial charge in [0.2, 0.25) is 5.91 Å². The van der Waals surface area contributed by atoms with Crippen LogP contribution >= 0.6 is 0 Å². The largest absolute Gasteiger partial charge is 0.480 e. The number of nitrogens with one attached hydrogen (secondary N) is 2. The molecule has 0 bridgehead atoms.